The Morgan fingerprint density at radius 2 is 2.36 bits per heavy atom. The predicted molar refractivity (Wildman–Crippen MR) is 45.0 cm³/mol. The molecular weight excluding hydrogens is 169 g/mol. The van der Waals surface area contributed by atoms with Crippen LogP contribution in [0.25, 0.3) is 0 Å². The zero-order chi connectivity index (χ0) is 7.40. The van der Waals surface area contributed by atoms with Crippen LogP contribution in [0, 0.1) is 0 Å². The molecule has 1 saturated heterocycles. The smallest absolute Gasteiger partial charge is 0.140 e. The Kier molecular flexibility index (Phi) is 5.46. The average Bonchev–Trinajstić information content (AvgIpc) is 2.31. The third-order valence-corrected chi connectivity index (χ3v) is 1.52. The van der Waals surface area contributed by atoms with E-state index in [1.165, 1.54) is 0 Å². The van der Waals surface area contributed by atoms with E-state index in [0.717, 1.165) is 0 Å². The molecule has 1 aliphatic rings. The second-order valence-electron chi connectivity index (χ2n) is 2.33. The van der Waals surface area contributed by atoms with Gasteiger partial charge in [-0.1, -0.05) is 6.08 Å². The summed E-state index contributed by atoms with van der Waals surface area (Å²) < 4.78 is 17.8. The highest BCUT2D eigenvalue weighted by molar-refractivity contribution is 5.85. The molecule has 1 fully saturated rings. The summed E-state index contributed by atoms with van der Waals surface area (Å²) in [5.41, 5.74) is 0. The summed E-state index contributed by atoms with van der Waals surface area (Å²) in [6.45, 7) is 4.95. The van der Waals surface area contributed by atoms with Crippen molar-refractivity contribution in [2.75, 3.05) is 19.7 Å². The third kappa shape index (κ3) is 3.18. The van der Waals surface area contributed by atoms with Gasteiger partial charge in [-0.05, 0) is 0 Å². The molecule has 66 valence electrons. The maximum atomic E-state index is 12.7. The minimum absolute atomic E-state index is 0. The van der Waals surface area contributed by atoms with E-state index in [4.69, 9.17) is 4.74 Å². The highest BCUT2D eigenvalue weighted by Gasteiger charge is 2.26. The molecule has 0 amide bonds. The van der Waals surface area contributed by atoms with Gasteiger partial charge in [-0.15, -0.1) is 19.0 Å². The molecular formula is C7H13ClFNO. The average molecular weight is 182 g/mol. The summed E-state index contributed by atoms with van der Waals surface area (Å²) in [5, 5.41) is 2.90. The number of rotatable bonds is 3. The normalized spacial score (nSPS) is 29.5. The van der Waals surface area contributed by atoms with E-state index in [1.54, 1.807) is 6.08 Å². The fourth-order valence-corrected chi connectivity index (χ4v) is 0.978. The van der Waals surface area contributed by atoms with Crippen LogP contribution in [0.5, 0.6) is 0 Å². The second-order valence-corrected chi connectivity index (χ2v) is 2.33. The Labute approximate surface area is 72.2 Å². The molecule has 1 heterocycles. The van der Waals surface area contributed by atoms with Gasteiger partial charge in [0.25, 0.3) is 0 Å². The lowest BCUT2D eigenvalue weighted by atomic mass is 10.3. The quantitative estimate of drug-likeness (QED) is 0.654. The Bertz CT molecular complexity index is 123. The van der Waals surface area contributed by atoms with Crippen molar-refractivity contribution >= 4 is 12.4 Å². The van der Waals surface area contributed by atoms with Gasteiger partial charge in [-0.3, -0.25) is 0 Å². The van der Waals surface area contributed by atoms with Gasteiger partial charge in [-0.25, -0.2) is 4.39 Å². The van der Waals surface area contributed by atoms with Gasteiger partial charge in [0.15, 0.2) is 0 Å². The fraction of sp³-hybridized carbons (Fsp3) is 0.714. The van der Waals surface area contributed by atoms with Crippen molar-refractivity contribution in [3.05, 3.63) is 12.7 Å². The molecule has 0 radical (unpaired) electrons. The first kappa shape index (κ1) is 10.9. The third-order valence-electron chi connectivity index (χ3n) is 1.52. The highest BCUT2D eigenvalue weighted by Crippen LogP contribution is 2.07. The zero-order valence-electron chi connectivity index (χ0n) is 6.25. The molecule has 1 rings (SSSR count). The van der Waals surface area contributed by atoms with E-state index >= 15 is 0 Å². The summed E-state index contributed by atoms with van der Waals surface area (Å²) in [6.07, 6.45) is 0.517. The molecule has 0 aromatic carbocycles. The first-order valence-corrected chi connectivity index (χ1v) is 3.42. The summed E-state index contributed by atoms with van der Waals surface area (Å²) >= 11 is 0. The minimum atomic E-state index is -0.847. The predicted octanol–water partition coefficient (Wildman–Crippen LogP) is 0.921. The molecule has 0 aromatic heterocycles. The Morgan fingerprint density at radius 1 is 1.64 bits per heavy atom. The van der Waals surface area contributed by atoms with Crippen LogP contribution in [0.1, 0.15) is 0 Å². The summed E-state index contributed by atoms with van der Waals surface area (Å²) in [5.74, 6) is 0. The number of ether oxygens (including phenoxy) is 1. The molecule has 1 N–H and O–H groups in total. The van der Waals surface area contributed by atoms with Gasteiger partial charge < -0.3 is 10.1 Å². The molecule has 0 saturated carbocycles. The van der Waals surface area contributed by atoms with E-state index in [1.807, 2.05) is 0 Å². The zero-order valence-corrected chi connectivity index (χ0v) is 7.07. The van der Waals surface area contributed by atoms with Crippen LogP contribution in [-0.4, -0.2) is 32.0 Å². The van der Waals surface area contributed by atoms with Crippen molar-refractivity contribution in [2.24, 2.45) is 0 Å². The number of halogens is 2. The van der Waals surface area contributed by atoms with E-state index in [-0.39, 0.29) is 18.5 Å². The largest absolute Gasteiger partial charge is 0.370 e. The van der Waals surface area contributed by atoms with Crippen LogP contribution in [0.2, 0.25) is 0 Å². The topological polar surface area (TPSA) is 21.3 Å². The van der Waals surface area contributed by atoms with E-state index in [0.29, 0.717) is 19.7 Å². The van der Waals surface area contributed by atoms with Crippen LogP contribution in [0.3, 0.4) is 0 Å². The van der Waals surface area contributed by atoms with Crippen LogP contribution in [-0.2, 0) is 4.74 Å². The van der Waals surface area contributed by atoms with Crippen molar-refractivity contribution in [3.8, 4) is 0 Å². The van der Waals surface area contributed by atoms with Gasteiger partial charge in [0.05, 0.1) is 6.61 Å². The molecule has 2 atom stereocenters. The molecule has 0 spiro atoms. The Morgan fingerprint density at radius 3 is 2.82 bits per heavy atom. The molecule has 1 aliphatic heterocycles. The van der Waals surface area contributed by atoms with E-state index in [9.17, 15) is 4.39 Å². The summed E-state index contributed by atoms with van der Waals surface area (Å²) in [4.78, 5) is 0. The first-order valence-electron chi connectivity index (χ1n) is 3.42. The summed E-state index contributed by atoms with van der Waals surface area (Å²) in [6, 6.07) is 0. The van der Waals surface area contributed by atoms with Crippen LogP contribution in [0.15, 0.2) is 12.7 Å². The van der Waals surface area contributed by atoms with Crippen molar-refractivity contribution in [3.63, 3.8) is 0 Å². The monoisotopic (exact) mass is 181 g/mol. The van der Waals surface area contributed by atoms with Gasteiger partial charge >= 0.3 is 0 Å². The molecule has 0 aliphatic carbocycles. The highest BCUT2D eigenvalue weighted by atomic mass is 35.5. The molecule has 2 nitrogen and oxygen atoms in total. The molecule has 4 heteroatoms. The number of hydrogen-bond acceptors (Lipinski definition) is 2. The number of alkyl halides is 1. The molecule has 0 aromatic rings. The molecule has 0 bridgehead atoms. The molecule has 11 heavy (non-hydrogen) atoms. The van der Waals surface area contributed by atoms with Crippen LogP contribution >= 0.6 is 12.4 Å². The van der Waals surface area contributed by atoms with E-state index in [2.05, 4.69) is 11.9 Å². The lowest BCUT2D eigenvalue weighted by molar-refractivity contribution is 0.0421. The van der Waals surface area contributed by atoms with Crippen molar-refractivity contribution < 1.29 is 9.13 Å². The standard InChI is InChI=1S/C7H12FNO.ClH/c1-2-3-10-7-5-9-4-6(7)8;/h2,6-7,9H,1,3-5H2;1H. The maximum Gasteiger partial charge on any atom is 0.140 e. The van der Waals surface area contributed by atoms with Gasteiger partial charge in [0, 0.05) is 13.1 Å². The van der Waals surface area contributed by atoms with Gasteiger partial charge in [0.1, 0.15) is 12.3 Å². The van der Waals surface area contributed by atoms with Crippen LogP contribution < -0.4 is 5.32 Å². The number of nitrogens with one attached hydrogen (secondary N) is 1. The van der Waals surface area contributed by atoms with Crippen molar-refractivity contribution in [2.45, 2.75) is 12.3 Å². The molecule has 2 unspecified atom stereocenters. The van der Waals surface area contributed by atoms with Crippen LogP contribution in [0.4, 0.5) is 4.39 Å². The van der Waals surface area contributed by atoms with Crippen molar-refractivity contribution in [1.29, 1.82) is 0 Å². The Balaban J connectivity index is 0.000001000. The lowest BCUT2D eigenvalue weighted by Gasteiger charge is -2.10. The maximum absolute atomic E-state index is 12.7. The van der Waals surface area contributed by atoms with E-state index < -0.39 is 6.17 Å². The Hall–Kier alpha value is -0.120. The lowest BCUT2D eigenvalue weighted by Crippen LogP contribution is -2.23. The minimum Gasteiger partial charge on any atom is -0.370 e. The first-order chi connectivity index (χ1) is 4.84. The summed E-state index contributed by atoms with van der Waals surface area (Å²) in [7, 11) is 0. The fourth-order valence-electron chi connectivity index (χ4n) is 0.978. The van der Waals surface area contributed by atoms with Crippen molar-refractivity contribution in [1.82, 2.24) is 5.32 Å². The SMILES string of the molecule is C=CCOC1CNCC1F.Cl. The van der Waals surface area contributed by atoms with Gasteiger partial charge in [0.2, 0.25) is 0 Å². The van der Waals surface area contributed by atoms with Gasteiger partial charge in [-0.2, -0.15) is 0 Å². The second kappa shape index (κ2) is 5.52. The number of hydrogen-bond donors (Lipinski definition) is 1.